The molecular formula is C10H18BrN. The van der Waals surface area contributed by atoms with Gasteiger partial charge in [-0.3, -0.25) is 0 Å². The molecule has 0 spiro atoms. The minimum Gasteiger partial charge on any atom is -0.306 e. The van der Waals surface area contributed by atoms with Crippen molar-refractivity contribution in [1.29, 1.82) is 0 Å². The Hall–Kier alpha value is 0.440. The summed E-state index contributed by atoms with van der Waals surface area (Å²) in [6, 6.07) is 0. The summed E-state index contributed by atoms with van der Waals surface area (Å²) in [5, 5.41) is 0. The summed E-state index contributed by atoms with van der Waals surface area (Å²) in [7, 11) is 2.26. The maximum atomic E-state index is 3.75. The van der Waals surface area contributed by atoms with Crippen LogP contribution in [0.1, 0.15) is 25.7 Å². The quantitative estimate of drug-likeness (QED) is 0.580. The van der Waals surface area contributed by atoms with E-state index in [1.54, 1.807) is 0 Å². The van der Waals surface area contributed by atoms with Crippen molar-refractivity contribution in [3.05, 3.63) is 0 Å². The minimum atomic E-state index is 0.821. The van der Waals surface area contributed by atoms with Crippen molar-refractivity contribution in [2.24, 2.45) is 11.8 Å². The highest BCUT2D eigenvalue weighted by Gasteiger charge is 2.32. The highest BCUT2D eigenvalue weighted by Crippen LogP contribution is 2.38. The summed E-state index contributed by atoms with van der Waals surface area (Å²) in [6.07, 6.45) is 5.71. The zero-order chi connectivity index (χ0) is 8.55. The van der Waals surface area contributed by atoms with Crippen LogP contribution in [0.15, 0.2) is 0 Å². The minimum absolute atomic E-state index is 0.821. The smallest absolute Gasteiger partial charge is 0.0148 e. The Morgan fingerprint density at radius 2 is 2.00 bits per heavy atom. The molecule has 1 nitrogen and oxygen atoms in total. The maximum absolute atomic E-state index is 3.75. The summed E-state index contributed by atoms with van der Waals surface area (Å²) in [4.78, 5) is 3.32. The van der Waals surface area contributed by atoms with Gasteiger partial charge in [0.15, 0.2) is 0 Å². The average molecular weight is 232 g/mol. The van der Waals surface area contributed by atoms with Crippen LogP contribution in [-0.2, 0) is 0 Å². The van der Waals surface area contributed by atoms with Gasteiger partial charge in [0.05, 0.1) is 0 Å². The lowest BCUT2D eigenvalue weighted by Gasteiger charge is -2.41. The van der Waals surface area contributed by atoms with Crippen molar-refractivity contribution >= 4 is 15.9 Å². The first kappa shape index (κ1) is 9.01. The highest BCUT2D eigenvalue weighted by molar-refractivity contribution is 9.09. The van der Waals surface area contributed by atoms with Gasteiger partial charge in [0.25, 0.3) is 0 Å². The first-order chi connectivity index (χ1) is 5.75. The van der Waals surface area contributed by atoms with E-state index in [0.29, 0.717) is 0 Å². The third kappa shape index (κ3) is 1.85. The van der Waals surface area contributed by atoms with E-state index in [1.165, 1.54) is 38.8 Å². The molecular weight excluding hydrogens is 214 g/mol. The third-order valence-electron chi connectivity index (χ3n) is 3.50. The van der Waals surface area contributed by atoms with Gasteiger partial charge in [0, 0.05) is 11.4 Å². The molecule has 0 radical (unpaired) electrons. The third-order valence-corrected chi connectivity index (χ3v) is 4.34. The fourth-order valence-corrected chi connectivity index (χ4v) is 3.49. The summed E-state index contributed by atoms with van der Waals surface area (Å²) < 4.78 is 0. The lowest BCUT2D eigenvalue weighted by molar-refractivity contribution is 0.108. The van der Waals surface area contributed by atoms with Gasteiger partial charge in [-0.15, -0.1) is 0 Å². The molecule has 0 aromatic rings. The Balaban J connectivity index is 1.94. The normalized spacial score (nSPS) is 44.0. The number of piperidine rings is 1. The molecule has 0 unspecified atom stereocenters. The number of rotatable bonds is 0. The lowest BCUT2D eigenvalue weighted by atomic mass is 9.75. The van der Waals surface area contributed by atoms with Crippen molar-refractivity contribution in [2.45, 2.75) is 30.5 Å². The molecule has 1 saturated carbocycles. The second-order valence-electron chi connectivity index (χ2n) is 4.48. The molecule has 1 aliphatic heterocycles. The van der Waals surface area contributed by atoms with Crippen LogP contribution in [-0.4, -0.2) is 29.9 Å². The number of halogens is 1. The van der Waals surface area contributed by atoms with Crippen LogP contribution in [0.2, 0.25) is 0 Å². The van der Waals surface area contributed by atoms with Crippen LogP contribution < -0.4 is 0 Å². The van der Waals surface area contributed by atoms with Crippen LogP contribution in [0.5, 0.6) is 0 Å². The van der Waals surface area contributed by atoms with Crippen molar-refractivity contribution < 1.29 is 0 Å². The number of nitrogens with zero attached hydrogens (tertiary/aromatic N) is 1. The molecule has 0 aromatic carbocycles. The lowest BCUT2D eigenvalue weighted by Crippen LogP contribution is -2.41. The summed E-state index contributed by atoms with van der Waals surface area (Å²) in [5.74, 6) is 2.04. The van der Waals surface area contributed by atoms with Crippen LogP contribution in [0, 0.1) is 11.8 Å². The maximum Gasteiger partial charge on any atom is 0.0148 e. The van der Waals surface area contributed by atoms with Gasteiger partial charge in [0.2, 0.25) is 0 Å². The average Bonchev–Trinajstić information content (AvgIpc) is 2.05. The Bertz CT molecular complexity index is 142. The van der Waals surface area contributed by atoms with E-state index in [9.17, 15) is 0 Å². The number of alkyl halides is 1. The molecule has 0 bridgehead atoms. The molecule has 1 aliphatic carbocycles. The zero-order valence-electron chi connectivity index (χ0n) is 7.80. The first-order valence-corrected chi connectivity index (χ1v) is 6.00. The molecule has 2 rings (SSSR count). The molecule has 70 valence electrons. The Labute approximate surface area is 83.6 Å². The predicted octanol–water partition coefficient (Wildman–Crippen LogP) is 2.50. The molecule has 2 heteroatoms. The van der Waals surface area contributed by atoms with Gasteiger partial charge in [-0.2, -0.15) is 0 Å². The monoisotopic (exact) mass is 231 g/mol. The largest absolute Gasteiger partial charge is 0.306 e. The van der Waals surface area contributed by atoms with Gasteiger partial charge in [-0.25, -0.2) is 0 Å². The van der Waals surface area contributed by atoms with E-state index in [4.69, 9.17) is 0 Å². The molecule has 2 aliphatic rings. The second kappa shape index (κ2) is 3.67. The number of fused-ring (bicyclic) bond motifs is 1. The van der Waals surface area contributed by atoms with Gasteiger partial charge in [0.1, 0.15) is 0 Å². The van der Waals surface area contributed by atoms with E-state index in [-0.39, 0.29) is 0 Å². The number of hydrogen-bond donors (Lipinski definition) is 0. The number of likely N-dealkylation sites (tertiary alicyclic amines) is 1. The van der Waals surface area contributed by atoms with Gasteiger partial charge < -0.3 is 4.90 Å². The van der Waals surface area contributed by atoms with Crippen molar-refractivity contribution in [2.75, 3.05) is 20.1 Å². The SMILES string of the molecule is CN1CC[C@@H]2C[C@H](Br)CC[C@H]2C1. The van der Waals surface area contributed by atoms with Crippen molar-refractivity contribution in [3.8, 4) is 0 Å². The van der Waals surface area contributed by atoms with Crippen LogP contribution in [0.3, 0.4) is 0 Å². The van der Waals surface area contributed by atoms with E-state index in [2.05, 4.69) is 27.9 Å². The molecule has 12 heavy (non-hydrogen) atoms. The van der Waals surface area contributed by atoms with Gasteiger partial charge >= 0.3 is 0 Å². The van der Waals surface area contributed by atoms with E-state index >= 15 is 0 Å². The van der Waals surface area contributed by atoms with Crippen LogP contribution in [0.4, 0.5) is 0 Å². The van der Waals surface area contributed by atoms with Crippen molar-refractivity contribution in [3.63, 3.8) is 0 Å². The van der Waals surface area contributed by atoms with Crippen molar-refractivity contribution in [1.82, 2.24) is 4.90 Å². The Kier molecular flexibility index (Phi) is 2.75. The van der Waals surface area contributed by atoms with Crippen LogP contribution in [0.25, 0.3) is 0 Å². The molecule has 0 amide bonds. The molecule has 1 heterocycles. The topological polar surface area (TPSA) is 3.24 Å². The number of hydrogen-bond acceptors (Lipinski definition) is 1. The Morgan fingerprint density at radius 1 is 1.17 bits per heavy atom. The van der Waals surface area contributed by atoms with E-state index in [1.807, 2.05) is 0 Å². The molecule has 1 saturated heterocycles. The summed E-state index contributed by atoms with van der Waals surface area (Å²) in [5.41, 5.74) is 0. The fourth-order valence-electron chi connectivity index (χ4n) is 2.74. The Morgan fingerprint density at radius 3 is 2.83 bits per heavy atom. The van der Waals surface area contributed by atoms with Gasteiger partial charge in [-0.1, -0.05) is 15.9 Å². The second-order valence-corrected chi connectivity index (χ2v) is 5.78. The molecule has 0 N–H and O–H groups in total. The fraction of sp³-hybridized carbons (Fsp3) is 1.00. The van der Waals surface area contributed by atoms with E-state index in [0.717, 1.165) is 16.7 Å². The molecule has 3 atom stereocenters. The summed E-state index contributed by atoms with van der Waals surface area (Å²) >= 11 is 3.75. The van der Waals surface area contributed by atoms with E-state index < -0.39 is 0 Å². The van der Waals surface area contributed by atoms with Gasteiger partial charge in [-0.05, 0) is 51.1 Å². The highest BCUT2D eigenvalue weighted by atomic mass is 79.9. The molecule has 0 aromatic heterocycles. The predicted molar refractivity (Wildman–Crippen MR) is 55.7 cm³/mol. The molecule has 2 fully saturated rings. The zero-order valence-corrected chi connectivity index (χ0v) is 9.39. The first-order valence-electron chi connectivity index (χ1n) is 5.08. The standard InChI is InChI=1S/C10H18BrN/c1-12-5-4-8-6-10(11)3-2-9(8)7-12/h8-10H,2-7H2,1H3/t8-,9+,10-/m1/s1. The summed E-state index contributed by atoms with van der Waals surface area (Å²) in [6.45, 7) is 2.67. The van der Waals surface area contributed by atoms with Crippen LogP contribution >= 0.6 is 15.9 Å².